The van der Waals surface area contributed by atoms with Crippen molar-refractivity contribution >= 4 is 22.5 Å². The summed E-state index contributed by atoms with van der Waals surface area (Å²) < 4.78 is 11.9. The standard InChI is InChI=1S/C24H28N6OS/c1-14-10-20(32-28-14)29-12-19-21(18-11-24(18,19)13-29)25-23-26-22-17(4-3-9-30(22)27-23)15-5-7-16(31-2)8-6-15/h5-8,10,17-19,21H,3-4,9,11-13H2,1-2H3,(H,25,27)/t17?,18-,19?,21?,24?/m0/s1. The second-order valence-electron chi connectivity index (χ2n) is 9.99. The number of fused-ring (bicyclic) bond motifs is 1. The van der Waals surface area contributed by atoms with Gasteiger partial charge in [-0.1, -0.05) is 12.1 Å². The van der Waals surface area contributed by atoms with Gasteiger partial charge in [0, 0.05) is 37.5 Å². The molecule has 0 bridgehead atoms. The number of methoxy groups -OCH3 is 1. The molecule has 7 nitrogen and oxygen atoms in total. The van der Waals surface area contributed by atoms with E-state index in [9.17, 15) is 0 Å². The van der Waals surface area contributed by atoms with Crippen molar-refractivity contribution in [3.63, 3.8) is 0 Å². The molecule has 5 atom stereocenters. The fraction of sp³-hybridized carbons (Fsp3) is 0.542. The summed E-state index contributed by atoms with van der Waals surface area (Å²) >= 11 is 1.64. The van der Waals surface area contributed by atoms with E-state index in [-0.39, 0.29) is 0 Å². The van der Waals surface area contributed by atoms with Gasteiger partial charge in [0.1, 0.15) is 16.6 Å². The number of aromatic nitrogens is 4. The Balaban J connectivity index is 1.09. The van der Waals surface area contributed by atoms with Crippen LogP contribution in [0.2, 0.25) is 0 Å². The number of nitrogens with one attached hydrogen (secondary N) is 1. The average molecular weight is 449 g/mol. The van der Waals surface area contributed by atoms with Gasteiger partial charge < -0.3 is 15.0 Å². The molecule has 2 saturated carbocycles. The van der Waals surface area contributed by atoms with Crippen molar-refractivity contribution in [3.8, 4) is 5.75 Å². The van der Waals surface area contributed by atoms with Crippen LogP contribution in [0, 0.1) is 24.2 Å². The molecule has 4 unspecified atom stereocenters. The summed E-state index contributed by atoms with van der Waals surface area (Å²) in [5, 5.41) is 9.96. The van der Waals surface area contributed by atoms with E-state index in [4.69, 9.17) is 14.8 Å². The van der Waals surface area contributed by atoms with Gasteiger partial charge in [-0.15, -0.1) is 5.10 Å². The highest BCUT2D eigenvalue weighted by Gasteiger charge is 2.76. The summed E-state index contributed by atoms with van der Waals surface area (Å²) in [6, 6.07) is 11.1. The smallest absolute Gasteiger partial charge is 0.242 e. The van der Waals surface area contributed by atoms with Crippen molar-refractivity contribution in [1.82, 2.24) is 19.1 Å². The molecule has 3 fully saturated rings. The lowest BCUT2D eigenvalue weighted by Gasteiger charge is -2.38. The summed E-state index contributed by atoms with van der Waals surface area (Å²) in [4.78, 5) is 7.56. The first-order valence-electron chi connectivity index (χ1n) is 11.7. The van der Waals surface area contributed by atoms with Crippen LogP contribution in [-0.2, 0) is 6.54 Å². The molecule has 0 radical (unpaired) electrons. The van der Waals surface area contributed by atoms with Gasteiger partial charge in [-0.25, -0.2) is 4.68 Å². The number of ether oxygens (including phenoxy) is 1. The Morgan fingerprint density at radius 1 is 1.22 bits per heavy atom. The third kappa shape index (κ3) is 2.68. The highest BCUT2D eigenvalue weighted by molar-refractivity contribution is 7.10. The van der Waals surface area contributed by atoms with Crippen molar-refractivity contribution in [2.45, 2.75) is 44.7 Å². The summed E-state index contributed by atoms with van der Waals surface area (Å²) in [6.07, 6.45) is 3.59. The first kappa shape index (κ1) is 18.9. The van der Waals surface area contributed by atoms with E-state index in [0.29, 0.717) is 23.3 Å². The van der Waals surface area contributed by atoms with Gasteiger partial charge in [0.05, 0.1) is 12.8 Å². The molecule has 32 heavy (non-hydrogen) atoms. The molecule has 2 aliphatic carbocycles. The monoisotopic (exact) mass is 448 g/mol. The lowest BCUT2D eigenvalue weighted by atomic mass is 9.71. The molecule has 1 saturated heterocycles. The van der Waals surface area contributed by atoms with Gasteiger partial charge in [-0.2, -0.15) is 9.36 Å². The average Bonchev–Trinajstić information content (AvgIpc) is 3.15. The lowest BCUT2D eigenvalue weighted by Crippen LogP contribution is -2.47. The predicted molar refractivity (Wildman–Crippen MR) is 125 cm³/mol. The summed E-state index contributed by atoms with van der Waals surface area (Å²) in [5.74, 6) is 4.56. The maximum absolute atomic E-state index is 5.33. The largest absolute Gasteiger partial charge is 0.497 e. The second-order valence-corrected chi connectivity index (χ2v) is 10.8. The van der Waals surface area contributed by atoms with Gasteiger partial charge in [-0.05, 0) is 72.8 Å². The van der Waals surface area contributed by atoms with Crippen LogP contribution in [0.4, 0.5) is 10.9 Å². The van der Waals surface area contributed by atoms with E-state index in [1.54, 1.807) is 18.6 Å². The predicted octanol–water partition coefficient (Wildman–Crippen LogP) is 3.91. The minimum Gasteiger partial charge on any atom is -0.497 e. The van der Waals surface area contributed by atoms with Crippen LogP contribution in [0.25, 0.3) is 0 Å². The van der Waals surface area contributed by atoms with Crippen LogP contribution in [0.1, 0.15) is 42.3 Å². The molecule has 4 heterocycles. The number of hydrogen-bond donors (Lipinski definition) is 1. The summed E-state index contributed by atoms with van der Waals surface area (Å²) in [5.41, 5.74) is 2.95. The maximum Gasteiger partial charge on any atom is 0.242 e. The van der Waals surface area contributed by atoms with Crippen molar-refractivity contribution in [2.75, 3.05) is 30.4 Å². The van der Waals surface area contributed by atoms with Crippen LogP contribution in [0.5, 0.6) is 5.75 Å². The zero-order valence-corrected chi connectivity index (χ0v) is 19.3. The SMILES string of the molecule is COc1ccc(C2CCCn3nc(NC4C5CN(c6cc(C)ns6)CC56C[C@@H]46)nc32)cc1. The summed E-state index contributed by atoms with van der Waals surface area (Å²) in [7, 11) is 1.71. The van der Waals surface area contributed by atoms with E-state index in [2.05, 4.69) is 44.4 Å². The Morgan fingerprint density at radius 3 is 2.88 bits per heavy atom. The summed E-state index contributed by atoms with van der Waals surface area (Å²) in [6.45, 7) is 5.35. The molecule has 1 spiro atoms. The molecule has 166 valence electrons. The van der Waals surface area contributed by atoms with Crippen LogP contribution in [0.3, 0.4) is 0 Å². The highest BCUT2D eigenvalue weighted by Crippen LogP contribution is 2.74. The Kier molecular flexibility index (Phi) is 3.96. The Bertz CT molecular complexity index is 1170. The van der Waals surface area contributed by atoms with E-state index in [0.717, 1.165) is 55.1 Å². The van der Waals surface area contributed by atoms with Crippen molar-refractivity contribution in [3.05, 3.63) is 47.4 Å². The van der Waals surface area contributed by atoms with E-state index in [1.807, 2.05) is 12.1 Å². The molecule has 7 rings (SSSR count). The molecule has 8 heteroatoms. The molecule has 1 aromatic carbocycles. The van der Waals surface area contributed by atoms with Crippen LogP contribution in [0.15, 0.2) is 30.3 Å². The van der Waals surface area contributed by atoms with Gasteiger partial charge in [-0.3, -0.25) is 0 Å². The number of nitrogens with zero attached hydrogens (tertiary/aromatic N) is 5. The number of hydrogen-bond acceptors (Lipinski definition) is 7. The number of rotatable bonds is 5. The minimum atomic E-state index is 0.302. The van der Waals surface area contributed by atoms with Crippen molar-refractivity contribution < 1.29 is 4.74 Å². The quantitative estimate of drug-likeness (QED) is 0.638. The Hall–Kier alpha value is -2.61. The fourth-order valence-electron chi connectivity index (χ4n) is 6.61. The van der Waals surface area contributed by atoms with Crippen molar-refractivity contribution in [2.24, 2.45) is 17.3 Å². The lowest BCUT2D eigenvalue weighted by molar-refractivity contribution is 0.193. The zero-order chi connectivity index (χ0) is 21.4. The molecule has 0 amide bonds. The first-order chi connectivity index (χ1) is 15.6. The van der Waals surface area contributed by atoms with E-state index in [1.165, 1.54) is 23.5 Å². The molecule has 2 aliphatic heterocycles. The molecular formula is C24H28N6OS. The number of aryl methyl sites for hydroxylation is 2. The van der Waals surface area contributed by atoms with Gasteiger partial charge in [0.25, 0.3) is 0 Å². The Labute approximate surface area is 192 Å². The topological polar surface area (TPSA) is 68.1 Å². The van der Waals surface area contributed by atoms with Crippen molar-refractivity contribution in [1.29, 1.82) is 0 Å². The van der Waals surface area contributed by atoms with E-state index >= 15 is 0 Å². The van der Waals surface area contributed by atoms with Gasteiger partial charge in [0.2, 0.25) is 5.95 Å². The van der Waals surface area contributed by atoms with Crippen LogP contribution < -0.4 is 15.0 Å². The fourth-order valence-corrected chi connectivity index (χ4v) is 7.38. The molecule has 2 aromatic heterocycles. The highest BCUT2D eigenvalue weighted by atomic mass is 32.1. The Morgan fingerprint density at radius 2 is 2.09 bits per heavy atom. The normalized spacial score (nSPS) is 32.0. The number of benzene rings is 1. The molecule has 3 aromatic rings. The second kappa shape index (κ2) is 6.70. The zero-order valence-electron chi connectivity index (χ0n) is 18.5. The van der Waals surface area contributed by atoms with Crippen LogP contribution in [-0.4, -0.2) is 45.4 Å². The van der Waals surface area contributed by atoms with Gasteiger partial charge >= 0.3 is 0 Å². The van der Waals surface area contributed by atoms with E-state index < -0.39 is 0 Å². The molecule has 1 N–H and O–H groups in total. The number of anilines is 2. The molecular weight excluding hydrogens is 420 g/mol. The maximum atomic E-state index is 5.33. The molecule has 4 aliphatic rings. The first-order valence-corrected chi connectivity index (χ1v) is 12.5. The minimum absolute atomic E-state index is 0.302. The third-order valence-corrected chi connectivity index (χ3v) is 9.24. The van der Waals surface area contributed by atoms with Gasteiger partial charge in [0.15, 0.2) is 0 Å². The van der Waals surface area contributed by atoms with Crippen LogP contribution >= 0.6 is 11.5 Å². The third-order valence-electron chi connectivity index (χ3n) is 8.30.